The minimum Gasteiger partial charge on any atom is -0.343 e. The van der Waals surface area contributed by atoms with Crippen LogP contribution in [0.4, 0.5) is 5.69 Å². The van der Waals surface area contributed by atoms with Crippen molar-refractivity contribution in [2.75, 3.05) is 45.6 Å². The highest BCUT2D eigenvalue weighted by Crippen LogP contribution is 2.27. The maximum absolute atomic E-state index is 12.7. The Kier molecular flexibility index (Phi) is 7.30. The molecule has 1 aromatic carbocycles. The van der Waals surface area contributed by atoms with Crippen LogP contribution in [0.2, 0.25) is 0 Å². The van der Waals surface area contributed by atoms with Crippen LogP contribution in [0.15, 0.2) is 18.2 Å². The van der Waals surface area contributed by atoms with Gasteiger partial charge in [0.15, 0.2) is 0 Å². The summed E-state index contributed by atoms with van der Waals surface area (Å²) < 4.78 is 0. The quantitative estimate of drug-likeness (QED) is 0.729. The first-order valence-electron chi connectivity index (χ1n) is 10.9. The molecule has 1 aliphatic carbocycles. The van der Waals surface area contributed by atoms with E-state index in [1.54, 1.807) is 0 Å². The van der Waals surface area contributed by atoms with Crippen molar-refractivity contribution < 1.29 is 9.59 Å². The van der Waals surface area contributed by atoms with Crippen LogP contribution >= 0.6 is 0 Å². The summed E-state index contributed by atoms with van der Waals surface area (Å²) in [6.07, 6.45) is 4.81. The van der Waals surface area contributed by atoms with Crippen molar-refractivity contribution in [1.82, 2.24) is 14.7 Å². The number of hydrogen-bond acceptors (Lipinski definition) is 4. The first-order chi connectivity index (χ1) is 13.8. The monoisotopic (exact) mass is 400 g/mol. The Labute approximate surface area is 175 Å². The summed E-state index contributed by atoms with van der Waals surface area (Å²) in [5.74, 6) is 0.196. The van der Waals surface area contributed by atoms with Crippen LogP contribution in [0.1, 0.15) is 43.2 Å². The number of hydrogen-bond donors (Lipinski definition) is 1. The van der Waals surface area contributed by atoms with Crippen LogP contribution in [0.3, 0.4) is 0 Å². The second-order valence-corrected chi connectivity index (χ2v) is 8.86. The van der Waals surface area contributed by atoms with E-state index in [0.717, 1.165) is 55.6 Å². The molecule has 0 radical (unpaired) electrons. The predicted octanol–water partition coefficient (Wildman–Crippen LogP) is 2.65. The van der Waals surface area contributed by atoms with Gasteiger partial charge in [0.05, 0.1) is 6.54 Å². The van der Waals surface area contributed by atoms with E-state index in [2.05, 4.69) is 22.2 Å². The molecular weight excluding hydrogens is 364 g/mol. The van der Waals surface area contributed by atoms with Crippen molar-refractivity contribution in [2.45, 2.75) is 58.0 Å². The van der Waals surface area contributed by atoms with E-state index in [9.17, 15) is 9.59 Å². The lowest BCUT2D eigenvalue weighted by Crippen LogP contribution is -2.45. The molecule has 1 saturated carbocycles. The molecule has 3 rings (SSSR count). The van der Waals surface area contributed by atoms with Gasteiger partial charge in [0.2, 0.25) is 11.8 Å². The molecule has 2 aliphatic rings. The molecule has 2 amide bonds. The van der Waals surface area contributed by atoms with Gasteiger partial charge in [0.25, 0.3) is 0 Å². The summed E-state index contributed by atoms with van der Waals surface area (Å²) in [6, 6.07) is 6.88. The Morgan fingerprint density at radius 1 is 1.10 bits per heavy atom. The maximum Gasteiger partial charge on any atom is 0.238 e. The zero-order valence-corrected chi connectivity index (χ0v) is 18.4. The van der Waals surface area contributed by atoms with Gasteiger partial charge in [-0.15, -0.1) is 0 Å². The van der Waals surface area contributed by atoms with Gasteiger partial charge in [-0.3, -0.25) is 14.5 Å². The lowest BCUT2D eigenvalue weighted by Gasteiger charge is -2.35. The van der Waals surface area contributed by atoms with E-state index in [4.69, 9.17) is 0 Å². The van der Waals surface area contributed by atoms with E-state index >= 15 is 0 Å². The number of nitrogens with zero attached hydrogens (tertiary/aromatic N) is 3. The normalized spacial score (nSPS) is 18.1. The summed E-state index contributed by atoms with van der Waals surface area (Å²) in [5.41, 5.74) is 3.08. The van der Waals surface area contributed by atoms with E-state index in [0.29, 0.717) is 31.6 Å². The van der Waals surface area contributed by atoms with Gasteiger partial charge >= 0.3 is 0 Å². The Morgan fingerprint density at radius 2 is 1.79 bits per heavy atom. The summed E-state index contributed by atoms with van der Waals surface area (Å²) in [6.45, 7) is 7.14. The predicted molar refractivity (Wildman–Crippen MR) is 117 cm³/mol. The van der Waals surface area contributed by atoms with Gasteiger partial charge in [-0.05, 0) is 76.9 Å². The van der Waals surface area contributed by atoms with Crippen LogP contribution in [-0.2, 0) is 9.59 Å². The van der Waals surface area contributed by atoms with Gasteiger partial charge in [-0.1, -0.05) is 12.1 Å². The number of carbonyl (C=O) groups excluding carboxylic acids is 2. The first kappa shape index (κ1) is 21.8. The molecule has 0 atom stereocenters. The molecule has 1 N–H and O–H groups in total. The highest BCUT2D eigenvalue weighted by atomic mass is 16.2. The molecule has 0 bridgehead atoms. The summed E-state index contributed by atoms with van der Waals surface area (Å²) in [7, 11) is 4.07. The third-order valence-electron chi connectivity index (χ3n) is 6.32. The molecule has 2 fully saturated rings. The molecule has 1 aromatic rings. The van der Waals surface area contributed by atoms with Gasteiger partial charge < -0.3 is 15.1 Å². The van der Waals surface area contributed by atoms with Crippen LogP contribution in [0, 0.1) is 13.8 Å². The molecule has 1 heterocycles. The lowest BCUT2D eigenvalue weighted by atomic mass is 10.0. The second-order valence-electron chi connectivity index (χ2n) is 8.86. The van der Waals surface area contributed by atoms with Crippen molar-refractivity contribution in [2.24, 2.45) is 0 Å². The fourth-order valence-corrected chi connectivity index (χ4v) is 4.08. The largest absolute Gasteiger partial charge is 0.343 e. The van der Waals surface area contributed by atoms with E-state index in [1.165, 1.54) is 0 Å². The van der Waals surface area contributed by atoms with Crippen LogP contribution in [-0.4, -0.2) is 78.9 Å². The number of benzene rings is 1. The first-order valence-corrected chi connectivity index (χ1v) is 10.9. The van der Waals surface area contributed by atoms with Crippen molar-refractivity contribution in [1.29, 1.82) is 0 Å². The summed E-state index contributed by atoms with van der Waals surface area (Å²) in [4.78, 5) is 31.8. The summed E-state index contributed by atoms with van der Waals surface area (Å²) >= 11 is 0. The third kappa shape index (κ3) is 6.28. The zero-order chi connectivity index (χ0) is 21.0. The number of carbonyl (C=O) groups is 2. The molecule has 1 saturated heterocycles. The Hall–Kier alpha value is -1.92. The highest BCUT2D eigenvalue weighted by molar-refractivity contribution is 5.93. The van der Waals surface area contributed by atoms with Gasteiger partial charge in [-0.25, -0.2) is 0 Å². The zero-order valence-electron chi connectivity index (χ0n) is 18.4. The van der Waals surface area contributed by atoms with Crippen molar-refractivity contribution in [3.63, 3.8) is 0 Å². The number of nitrogens with one attached hydrogen (secondary N) is 1. The van der Waals surface area contributed by atoms with Crippen molar-refractivity contribution in [3.8, 4) is 0 Å². The fraction of sp³-hybridized carbons (Fsp3) is 0.652. The average molecular weight is 401 g/mol. The van der Waals surface area contributed by atoms with Gasteiger partial charge in [0.1, 0.15) is 0 Å². The van der Waals surface area contributed by atoms with Crippen LogP contribution in [0.5, 0.6) is 0 Å². The molecule has 0 spiro atoms. The van der Waals surface area contributed by atoms with Crippen molar-refractivity contribution >= 4 is 17.5 Å². The van der Waals surface area contributed by atoms with Crippen LogP contribution < -0.4 is 5.32 Å². The number of likely N-dealkylation sites (tertiary alicyclic amines) is 1. The molecule has 6 heteroatoms. The Balaban J connectivity index is 1.49. The van der Waals surface area contributed by atoms with Gasteiger partial charge in [0, 0.05) is 37.8 Å². The second kappa shape index (κ2) is 9.72. The number of rotatable bonds is 8. The topological polar surface area (TPSA) is 55.9 Å². The Bertz CT molecular complexity index is 724. The van der Waals surface area contributed by atoms with Crippen LogP contribution in [0.25, 0.3) is 0 Å². The molecule has 160 valence electrons. The molecule has 29 heavy (non-hydrogen) atoms. The molecule has 0 aromatic heterocycles. The van der Waals surface area contributed by atoms with Gasteiger partial charge in [-0.2, -0.15) is 0 Å². The van der Waals surface area contributed by atoms with E-state index in [-0.39, 0.29) is 11.8 Å². The molecule has 0 unspecified atom stereocenters. The smallest absolute Gasteiger partial charge is 0.238 e. The number of anilines is 1. The molecule has 6 nitrogen and oxygen atoms in total. The SMILES string of the molecule is Cc1ccc(C)c(NC(=O)CN(CCC(=O)N(C)C2CCN(C)CC2)C2CC2)c1. The van der Waals surface area contributed by atoms with E-state index in [1.807, 2.05) is 44.0 Å². The third-order valence-corrected chi connectivity index (χ3v) is 6.32. The lowest BCUT2D eigenvalue weighted by molar-refractivity contribution is -0.133. The van der Waals surface area contributed by atoms with E-state index < -0.39 is 0 Å². The molecular formula is C23H36N4O2. The maximum atomic E-state index is 12.7. The molecule has 1 aliphatic heterocycles. The fourth-order valence-electron chi connectivity index (χ4n) is 4.08. The number of piperidine rings is 1. The van der Waals surface area contributed by atoms with Crippen molar-refractivity contribution in [3.05, 3.63) is 29.3 Å². The number of aryl methyl sites for hydroxylation is 2. The standard InChI is InChI=1S/C23H36N4O2/c1-17-5-6-18(2)21(15-17)24-22(28)16-27(20-7-8-20)14-11-23(29)26(4)19-9-12-25(3)13-10-19/h5-6,15,19-20H,7-14,16H2,1-4H3,(H,24,28). The summed E-state index contributed by atoms with van der Waals surface area (Å²) in [5, 5.41) is 3.05. The number of amides is 2. The minimum atomic E-state index is 0.00159. The minimum absolute atomic E-state index is 0.00159. The highest BCUT2D eigenvalue weighted by Gasteiger charge is 2.31. The Morgan fingerprint density at radius 3 is 2.45 bits per heavy atom. The average Bonchev–Trinajstić information content (AvgIpc) is 3.53.